The number of aliphatic imine (C=N–C) groups is 1. The van der Waals surface area contributed by atoms with Crippen molar-refractivity contribution in [1.29, 1.82) is 0 Å². The van der Waals surface area contributed by atoms with E-state index in [0.717, 1.165) is 12.2 Å². The summed E-state index contributed by atoms with van der Waals surface area (Å²) in [6.07, 6.45) is 0. The van der Waals surface area contributed by atoms with Crippen molar-refractivity contribution in [2.24, 2.45) is 4.99 Å². The summed E-state index contributed by atoms with van der Waals surface area (Å²) < 4.78 is 0. The van der Waals surface area contributed by atoms with E-state index in [-0.39, 0.29) is 0 Å². The maximum absolute atomic E-state index is 4.51. The van der Waals surface area contributed by atoms with Crippen LogP contribution in [0, 0.1) is 0 Å². The lowest BCUT2D eigenvalue weighted by molar-refractivity contribution is 0.968. The molecule has 0 aromatic heterocycles. The van der Waals surface area contributed by atoms with Gasteiger partial charge in [0.15, 0.2) is 0 Å². The molecule has 0 saturated heterocycles. The van der Waals surface area contributed by atoms with Crippen LogP contribution in [0.5, 0.6) is 0 Å². The molecule has 13 heavy (non-hydrogen) atoms. The summed E-state index contributed by atoms with van der Waals surface area (Å²) in [5.41, 5.74) is 2.04. The largest absolute Gasteiger partial charge is 0.375 e. The van der Waals surface area contributed by atoms with Gasteiger partial charge in [0.2, 0.25) is 0 Å². The van der Waals surface area contributed by atoms with Crippen LogP contribution in [0.2, 0.25) is 0 Å². The minimum absolute atomic E-state index is 0.850. The Bertz CT molecular complexity index is 312. The highest BCUT2D eigenvalue weighted by Crippen LogP contribution is 2.17. The molecule has 0 amide bonds. The molecule has 0 saturated carbocycles. The number of thiocarbonyl (C=S) groups is 1. The van der Waals surface area contributed by atoms with Crippen molar-refractivity contribution >= 4 is 28.8 Å². The van der Waals surface area contributed by atoms with Crippen molar-refractivity contribution in [2.75, 3.05) is 18.5 Å². The van der Waals surface area contributed by atoms with Gasteiger partial charge in [0.05, 0.1) is 10.8 Å². The number of hydrogen-bond donors (Lipinski definition) is 0. The van der Waals surface area contributed by atoms with Gasteiger partial charge in [-0.3, -0.25) is 0 Å². The molecule has 0 aliphatic rings. The normalized spacial score (nSPS) is 9.08. The van der Waals surface area contributed by atoms with E-state index in [0.29, 0.717) is 0 Å². The minimum atomic E-state index is 0.850. The highest BCUT2D eigenvalue weighted by atomic mass is 32.1. The molecule has 0 atom stereocenters. The van der Waals surface area contributed by atoms with E-state index in [1.165, 1.54) is 5.69 Å². The Morgan fingerprint density at radius 1 is 1.38 bits per heavy atom. The lowest BCUT2D eigenvalue weighted by Crippen LogP contribution is -2.15. The molecule has 1 aromatic carbocycles. The van der Waals surface area contributed by atoms with Crippen LogP contribution in [-0.4, -0.2) is 18.8 Å². The number of nitrogens with zero attached hydrogens (tertiary/aromatic N) is 2. The fourth-order valence-corrected chi connectivity index (χ4v) is 1.12. The van der Waals surface area contributed by atoms with E-state index in [1.807, 2.05) is 24.3 Å². The van der Waals surface area contributed by atoms with Gasteiger partial charge in [0.1, 0.15) is 0 Å². The van der Waals surface area contributed by atoms with Crippen LogP contribution in [0.1, 0.15) is 6.92 Å². The van der Waals surface area contributed by atoms with Crippen LogP contribution in [0.25, 0.3) is 0 Å². The smallest absolute Gasteiger partial charge is 0.0741 e. The van der Waals surface area contributed by atoms with E-state index in [1.54, 1.807) is 0 Å². The summed E-state index contributed by atoms with van der Waals surface area (Å²) in [5.74, 6) is 0. The Hall–Kier alpha value is -1.18. The maximum atomic E-state index is 4.51. The maximum Gasteiger partial charge on any atom is 0.0741 e. The van der Waals surface area contributed by atoms with E-state index in [9.17, 15) is 0 Å². The average Bonchev–Trinajstić information content (AvgIpc) is 2.18. The van der Waals surface area contributed by atoms with Crippen LogP contribution >= 0.6 is 12.2 Å². The Morgan fingerprint density at radius 3 is 2.46 bits per heavy atom. The second-order valence-electron chi connectivity index (χ2n) is 2.73. The first-order chi connectivity index (χ1) is 6.27. The third kappa shape index (κ3) is 2.65. The lowest BCUT2D eigenvalue weighted by Gasteiger charge is -2.16. The number of hydrogen-bond acceptors (Lipinski definition) is 3. The van der Waals surface area contributed by atoms with Crippen LogP contribution in [0.15, 0.2) is 29.3 Å². The van der Waals surface area contributed by atoms with Gasteiger partial charge in [0, 0.05) is 19.3 Å². The summed E-state index contributed by atoms with van der Waals surface area (Å²) in [6.45, 7) is 3.11. The molecule has 0 bridgehead atoms. The lowest BCUT2D eigenvalue weighted by atomic mass is 10.2. The van der Waals surface area contributed by atoms with Crippen LogP contribution < -0.4 is 4.90 Å². The van der Waals surface area contributed by atoms with Crippen molar-refractivity contribution in [2.45, 2.75) is 6.92 Å². The first-order valence-electron chi connectivity index (χ1n) is 4.17. The number of isothiocyanates is 1. The summed E-state index contributed by atoms with van der Waals surface area (Å²) in [6, 6.07) is 7.91. The van der Waals surface area contributed by atoms with Crippen LogP contribution in [0.3, 0.4) is 0 Å². The predicted octanol–water partition coefficient (Wildman–Crippen LogP) is 2.88. The van der Waals surface area contributed by atoms with E-state index < -0.39 is 0 Å². The van der Waals surface area contributed by atoms with Gasteiger partial charge < -0.3 is 4.90 Å². The van der Waals surface area contributed by atoms with Crippen molar-refractivity contribution < 1.29 is 0 Å². The standard InChI is InChI=1S/C10H12N2S/c1-3-12(2)10-6-4-9(5-7-10)11-8-13/h4-7H,3H2,1-2H3. The average molecular weight is 192 g/mol. The number of anilines is 1. The molecule has 3 heteroatoms. The monoisotopic (exact) mass is 192 g/mol. The second-order valence-corrected chi connectivity index (χ2v) is 2.92. The molecule has 1 rings (SSSR count). The molecule has 0 spiro atoms. The molecule has 0 fully saturated rings. The molecule has 0 radical (unpaired) electrons. The molecule has 0 unspecified atom stereocenters. The summed E-state index contributed by atoms with van der Waals surface area (Å²) in [5, 5.41) is 2.34. The van der Waals surface area contributed by atoms with Gasteiger partial charge in [-0.2, -0.15) is 4.99 Å². The quantitative estimate of drug-likeness (QED) is 0.540. The molecular weight excluding hydrogens is 180 g/mol. The van der Waals surface area contributed by atoms with Gasteiger partial charge >= 0.3 is 0 Å². The Morgan fingerprint density at radius 2 is 2.00 bits per heavy atom. The third-order valence-electron chi connectivity index (χ3n) is 1.94. The van der Waals surface area contributed by atoms with Crippen LogP contribution in [-0.2, 0) is 0 Å². The fourth-order valence-electron chi connectivity index (χ4n) is 1.02. The number of benzene rings is 1. The van der Waals surface area contributed by atoms with E-state index in [2.05, 4.69) is 41.2 Å². The van der Waals surface area contributed by atoms with Crippen molar-refractivity contribution in [3.63, 3.8) is 0 Å². The molecule has 1 aromatic rings. The van der Waals surface area contributed by atoms with Gasteiger partial charge in [-0.05, 0) is 43.4 Å². The van der Waals surface area contributed by atoms with Crippen molar-refractivity contribution in [1.82, 2.24) is 0 Å². The minimum Gasteiger partial charge on any atom is -0.375 e. The van der Waals surface area contributed by atoms with Gasteiger partial charge in [-0.1, -0.05) is 0 Å². The number of rotatable bonds is 3. The van der Waals surface area contributed by atoms with E-state index in [4.69, 9.17) is 0 Å². The molecule has 0 N–H and O–H groups in total. The molecule has 2 nitrogen and oxygen atoms in total. The summed E-state index contributed by atoms with van der Waals surface area (Å²) in [7, 11) is 2.05. The molecular formula is C10H12N2S. The summed E-state index contributed by atoms with van der Waals surface area (Å²) >= 11 is 4.51. The zero-order valence-corrected chi connectivity index (χ0v) is 8.64. The van der Waals surface area contributed by atoms with Crippen molar-refractivity contribution in [3.05, 3.63) is 24.3 Å². The zero-order chi connectivity index (χ0) is 9.68. The Labute approximate surface area is 83.9 Å². The first-order valence-corrected chi connectivity index (χ1v) is 4.58. The highest BCUT2D eigenvalue weighted by Gasteiger charge is 1.96. The SMILES string of the molecule is CCN(C)c1ccc(N=C=S)cc1. The van der Waals surface area contributed by atoms with Crippen molar-refractivity contribution in [3.8, 4) is 0 Å². The van der Waals surface area contributed by atoms with E-state index >= 15 is 0 Å². The predicted molar refractivity (Wildman–Crippen MR) is 60.1 cm³/mol. The Balaban J connectivity index is 2.86. The topological polar surface area (TPSA) is 15.6 Å². The Kier molecular flexibility index (Phi) is 3.62. The summed E-state index contributed by atoms with van der Waals surface area (Å²) in [4.78, 5) is 6.04. The second kappa shape index (κ2) is 4.75. The molecule has 0 aliphatic heterocycles. The van der Waals surface area contributed by atoms with Gasteiger partial charge in [-0.15, -0.1) is 0 Å². The highest BCUT2D eigenvalue weighted by molar-refractivity contribution is 7.78. The first kappa shape index (κ1) is 9.90. The van der Waals surface area contributed by atoms with Crippen LogP contribution in [0.4, 0.5) is 11.4 Å². The zero-order valence-electron chi connectivity index (χ0n) is 7.82. The third-order valence-corrected chi connectivity index (χ3v) is 2.03. The van der Waals surface area contributed by atoms with Gasteiger partial charge in [-0.25, -0.2) is 0 Å². The van der Waals surface area contributed by atoms with Gasteiger partial charge in [0.25, 0.3) is 0 Å². The molecule has 0 aliphatic carbocycles. The molecule has 0 heterocycles. The fraction of sp³-hybridized carbons (Fsp3) is 0.300. The molecule has 68 valence electrons.